The Morgan fingerprint density at radius 2 is 2.00 bits per heavy atom. The third-order valence-corrected chi connectivity index (χ3v) is 8.77. The number of methoxy groups -OCH3 is 1. The molecule has 0 aliphatic carbocycles. The van der Waals surface area contributed by atoms with E-state index < -0.39 is 10.0 Å². The molecule has 0 spiro atoms. The van der Waals surface area contributed by atoms with Crippen molar-refractivity contribution in [3.05, 3.63) is 45.2 Å². The molecule has 6 nitrogen and oxygen atoms in total. The van der Waals surface area contributed by atoms with E-state index in [-0.39, 0.29) is 16.7 Å². The van der Waals surface area contributed by atoms with Crippen LogP contribution in [-0.2, 0) is 16.6 Å². The van der Waals surface area contributed by atoms with E-state index in [4.69, 9.17) is 4.74 Å². The summed E-state index contributed by atoms with van der Waals surface area (Å²) in [6.07, 6.45) is 1.73. The number of carbonyl (C=O) groups is 1. The lowest BCUT2D eigenvalue weighted by Crippen LogP contribution is -2.37. The fraction of sp³-hybridized carbons (Fsp3) is 0.421. The van der Waals surface area contributed by atoms with E-state index in [9.17, 15) is 13.2 Å². The molecule has 2 heterocycles. The third-order valence-electron chi connectivity index (χ3n) is 4.82. The maximum absolute atomic E-state index is 12.8. The zero-order valence-electron chi connectivity index (χ0n) is 15.8. The highest BCUT2D eigenvalue weighted by atomic mass is 79.9. The van der Waals surface area contributed by atoms with Gasteiger partial charge in [-0.15, -0.1) is 11.3 Å². The van der Waals surface area contributed by atoms with E-state index in [1.54, 1.807) is 13.2 Å². The Balaban J connectivity index is 1.68. The van der Waals surface area contributed by atoms with Crippen LogP contribution in [0.25, 0.3) is 0 Å². The Morgan fingerprint density at radius 1 is 1.29 bits per heavy atom. The molecular weight excluding hydrogens is 464 g/mol. The number of sulfonamides is 1. The predicted octanol–water partition coefficient (Wildman–Crippen LogP) is 3.87. The molecule has 0 unspecified atom stereocenters. The molecule has 1 saturated heterocycles. The minimum atomic E-state index is -3.54. The fourth-order valence-electron chi connectivity index (χ4n) is 3.08. The lowest BCUT2D eigenvalue weighted by atomic mass is 10.0. The van der Waals surface area contributed by atoms with E-state index in [1.165, 1.54) is 10.4 Å². The summed E-state index contributed by atoms with van der Waals surface area (Å²) >= 11 is 4.41. The summed E-state index contributed by atoms with van der Waals surface area (Å²) in [5.74, 6) is 0.921. The summed E-state index contributed by atoms with van der Waals surface area (Å²) in [5, 5.41) is 2.83. The van der Waals surface area contributed by atoms with Gasteiger partial charge in [-0.2, -0.15) is 4.31 Å². The standard InChI is InChI=1S/C19H23BrN2O4S2/c1-13-7-9-22(10-8-13)28(24,25)18-6-5-17(27-18)19(23)21-12-14-11-15(20)3-4-16(14)26-2/h3-6,11,13H,7-10,12H2,1-2H3,(H,21,23). The molecule has 0 radical (unpaired) electrons. The van der Waals surface area contributed by atoms with Gasteiger partial charge in [0.15, 0.2) is 0 Å². The molecule has 3 rings (SSSR count). The Labute approximate surface area is 178 Å². The second-order valence-corrected chi connectivity index (χ2v) is 11.0. The number of hydrogen-bond acceptors (Lipinski definition) is 5. The number of halogens is 1. The van der Waals surface area contributed by atoms with Gasteiger partial charge in [-0.1, -0.05) is 22.9 Å². The first-order chi connectivity index (χ1) is 13.3. The van der Waals surface area contributed by atoms with Crippen LogP contribution in [0.4, 0.5) is 0 Å². The maximum atomic E-state index is 12.8. The summed E-state index contributed by atoms with van der Waals surface area (Å²) in [6.45, 7) is 3.49. The molecule has 0 bridgehead atoms. The van der Waals surface area contributed by atoms with Gasteiger partial charge in [0.25, 0.3) is 15.9 Å². The highest BCUT2D eigenvalue weighted by Gasteiger charge is 2.29. The molecule has 0 saturated carbocycles. The summed E-state index contributed by atoms with van der Waals surface area (Å²) < 4.78 is 33.6. The Kier molecular flexibility index (Phi) is 6.80. The number of carbonyl (C=O) groups excluding carboxylic acids is 1. The summed E-state index contributed by atoms with van der Waals surface area (Å²) in [6, 6.07) is 8.65. The van der Waals surface area contributed by atoms with Crippen LogP contribution in [0.2, 0.25) is 0 Å². The first-order valence-electron chi connectivity index (χ1n) is 9.02. The largest absolute Gasteiger partial charge is 0.496 e. The number of nitrogens with one attached hydrogen (secondary N) is 1. The number of thiophene rings is 1. The molecule has 1 aliphatic heterocycles. The van der Waals surface area contributed by atoms with E-state index >= 15 is 0 Å². The highest BCUT2D eigenvalue weighted by molar-refractivity contribution is 9.10. The van der Waals surface area contributed by atoms with Crippen LogP contribution in [0.3, 0.4) is 0 Å². The van der Waals surface area contributed by atoms with Gasteiger partial charge in [-0.3, -0.25) is 4.79 Å². The van der Waals surface area contributed by atoms with Crippen molar-refractivity contribution in [1.29, 1.82) is 0 Å². The number of benzene rings is 1. The minimum Gasteiger partial charge on any atom is -0.496 e. The van der Waals surface area contributed by atoms with Crippen molar-refractivity contribution in [2.24, 2.45) is 5.92 Å². The zero-order valence-corrected chi connectivity index (χ0v) is 19.0. The second kappa shape index (κ2) is 8.94. The molecule has 0 atom stereocenters. The molecule has 1 N–H and O–H groups in total. The molecule has 152 valence electrons. The quantitative estimate of drug-likeness (QED) is 0.672. The van der Waals surface area contributed by atoms with Crippen LogP contribution in [-0.4, -0.2) is 38.8 Å². The number of ether oxygens (including phenoxy) is 1. The smallest absolute Gasteiger partial charge is 0.261 e. The number of amides is 1. The molecular formula is C19H23BrN2O4S2. The lowest BCUT2D eigenvalue weighted by Gasteiger charge is -2.28. The molecule has 1 aliphatic rings. The van der Waals surface area contributed by atoms with Crippen LogP contribution in [0.5, 0.6) is 5.75 Å². The topological polar surface area (TPSA) is 75.7 Å². The van der Waals surface area contributed by atoms with Crippen molar-refractivity contribution < 1.29 is 17.9 Å². The normalized spacial score (nSPS) is 16.1. The molecule has 1 amide bonds. The maximum Gasteiger partial charge on any atom is 0.261 e. The average Bonchev–Trinajstić information content (AvgIpc) is 3.18. The van der Waals surface area contributed by atoms with Crippen LogP contribution in [0.1, 0.15) is 35.0 Å². The van der Waals surface area contributed by atoms with Gasteiger partial charge in [0.05, 0.1) is 12.0 Å². The number of nitrogens with zero attached hydrogens (tertiary/aromatic N) is 1. The van der Waals surface area contributed by atoms with Crippen LogP contribution in [0, 0.1) is 5.92 Å². The van der Waals surface area contributed by atoms with Crippen molar-refractivity contribution >= 4 is 43.2 Å². The molecule has 1 aromatic heterocycles. The van der Waals surface area contributed by atoms with Crippen molar-refractivity contribution in [2.75, 3.05) is 20.2 Å². The SMILES string of the molecule is COc1ccc(Br)cc1CNC(=O)c1ccc(S(=O)(=O)N2CCC(C)CC2)s1. The van der Waals surface area contributed by atoms with Gasteiger partial charge < -0.3 is 10.1 Å². The number of rotatable bonds is 6. The van der Waals surface area contributed by atoms with Crippen molar-refractivity contribution in [2.45, 2.75) is 30.5 Å². The third kappa shape index (κ3) is 4.76. The van der Waals surface area contributed by atoms with Gasteiger partial charge in [0.2, 0.25) is 0 Å². The van der Waals surface area contributed by atoms with Gasteiger partial charge >= 0.3 is 0 Å². The molecule has 1 fully saturated rings. The average molecular weight is 487 g/mol. The summed E-state index contributed by atoms with van der Waals surface area (Å²) in [7, 11) is -1.96. The summed E-state index contributed by atoms with van der Waals surface area (Å²) in [5.41, 5.74) is 0.831. The van der Waals surface area contributed by atoms with E-state index in [0.717, 1.165) is 34.2 Å². The number of piperidine rings is 1. The van der Waals surface area contributed by atoms with Crippen LogP contribution >= 0.6 is 27.3 Å². The van der Waals surface area contributed by atoms with Crippen LogP contribution in [0.15, 0.2) is 39.0 Å². The van der Waals surface area contributed by atoms with Gasteiger partial charge in [-0.25, -0.2) is 8.42 Å². The second-order valence-electron chi connectivity index (χ2n) is 6.84. The van der Waals surface area contributed by atoms with E-state index in [0.29, 0.717) is 29.6 Å². The monoisotopic (exact) mass is 486 g/mol. The molecule has 28 heavy (non-hydrogen) atoms. The zero-order chi connectivity index (χ0) is 20.3. The molecule has 1 aromatic carbocycles. The van der Waals surface area contributed by atoms with Crippen molar-refractivity contribution in [3.8, 4) is 5.75 Å². The van der Waals surface area contributed by atoms with Crippen LogP contribution < -0.4 is 10.1 Å². The fourth-order valence-corrected chi connectivity index (χ4v) is 6.34. The Bertz CT molecular complexity index is 951. The van der Waals surface area contributed by atoms with Gasteiger partial charge in [0, 0.05) is 29.7 Å². The van der Waals surface area contributed by atoms with E-state index in [1.807, 2.05) is 18.2 Å². The van der Waals surface area contributed by atoms with Crippen molar-refractivity contribution in [3.63, 3.8) is 0 Å². The van der Waals surface area contributed by atoms with Gasteiger partial charge in [0.1, 0.15) is 9.96 Å². The minimum absolute atomic E-state index is 0.215. The Hall–Kier alpha value is -1.42. The predicted molar refractivity (Wildman–Crippen MR) is 113 cm³/mol. The highest BCUT2D eigenvalue weighted by Crippen LogP contribution is 2.28. The van der Waals surface area contributed by atoms with Gasteiger partial charge in [-0.05, 0) is 49.1 Å². The lowest BCUT2D eigenvalue weighted by molar-refractivity contribution is 0.0954. The first-order valence-corrected chi connectivity index (χ1v) is 12.1. The first kappa shape index (κ1) is 21.3. The van der Waals surface area contributed by atoms with Crippen molar-refractivity contribution in [1.82, 2.24) is 9.62 Å². The summed E-state index contributed by atoms with van der Waals surface area (Å²) in [4.78, 5) is 12.9. The number of hydrogen-bond donors (Lipinski definition) is 1. The Morgan fingerprint density at radius 3 is 2.68 bits per heavy atom. The molecule has 9 heteroatoms. The van der Waals surface area contributed by atoms with E-state index in [2.05, 4.69) is 28.2 Å². The molecule has 2 aromatic rings.